The summed E-state index contributed by atoms with van der Waals surface area (Å²) in [5.41, 5.74) is -0.342. The Bertz CT molecular complexity index is 328. The van der Waals surface area contributed by atoms with Crippen LogP contribution in [0.1, 0.15) is 27.7 Å². The van der Waals surface area contributed by atoms with Crippen LogP contribution in [0.25, 0.3) is 0 Å². The van der Waals surface area contributed by atoms with Crippen molar-refractivity contribution in [1.29, 1.82) is 0 Å². The molecule has 1 aliphatic heterocycles. The fraction of sp³-hybridized carbons (Fsp3) is 0.857. The van der Waals surface area contributed by atoms with Gasteiger partial charge < -0.3 is 15.1 Å². The Morgan fingerprint density at radius 3 is 2.00 bits per heavy atom. The average molecular weight is 269 g/mol. The van der Waals surface area contributed by atoms with Crippen molar-refractivity contribution in [3.05, 3.63) is 0 Å². The Balaban J connectivity index is 2.49. The van der Waals surface area contributed by atoms with Crippen molar-refractivity contribution in [2.45, 2.75) is 27.7 Å². The van der Waals surface area contributed by atoms with E-state index in [1.54, 1.807) is 0 Å². The molecule has 0 saturated carbocycles. The maximum absolute atomic E-state index is 12.1. The van der Waals surface area contributed by atoms with Crippen molar-refractivity contribution in [2.75, 3.05) is 39.8 Å². The van der Waals surface area contributed by atoms with E-state index in [9.17, 15) is 9.59 Å². The molecule has 5 nitrogen and oxygen atoms in total. The SMILES string of the molecule is CNCC(C)C(=O)N1CCN(C(=O)C(C)(C)C)CC1. The molecule has 0 aromatic rings. The summed E-state index contributed by atoms with van der Waals surface area (Å²) in [6, 6.07) is 0. The smallest absolute Gasteiger partial charge is 0.228 e. The van der Waals surface area contributed by atoms with Crippen LogP contribution in [0, 0.1) is 11.3 Å². The molecule has 0 aromatic heterocycles. The summed E-state index contributed by atoms with van der Waals surface area (Å²) in [7, 11) is 1.85. The zero-order valence-corrected chi connectivity index (χ0v) is 12.8. The predicted molar refractivity (Wildman–Crippen MR) is 75.7 cm³/mol. The molecule has 1 aliphatic rings. The molecule has 1 saturated heterocycles. The van der Waals surface area contributed by atoms with Gasteiger partial charge in [0.1, 0.15) is 0 Å². The summed E-state index contributed by atoms with van der Waals surface area (Å²) < 4.78 is 0. The molecule has 19 heavy (non-hydrogen) atoms. The molecule has 1 unspecified atom stereocenters. The van der Waals surface area contributed by atoms with Gasteiger partial charge in [-0.2, -0.15) is 0 Å². The first kappa shape index (κ1) is 16.0. The van der Waals surface area contributed by atoms with Gasteiger partial charge in [0, 0.05) is 44.1 Å². The number of carbonyl (C=O) groups excluding carboxylic acids is 2. The number of piperazine rings is 1. The molecule has 1 N–H and O–H groups in total. The number of nitrogens with zero attached hydrogens (tertiary/aromatic N) is 2. The van der Waals surface area contributed by atoms with Gasteiger partial charge in [-0.1, -0.05) is 27.7 Å². The molecule has 5 heteroatoms. The van der Waals surface area contributed by atoms with Gasteiger partial charge in [0.25, 0.3) is 0 Å². The number of amides is 2. The van der Waals surface area contributed by atoms with Gasteiger partial charge in [0.05, 0.1) is 0 Å². The molecule has 0 aliphatic carbocycles. The molecule has 1 fully saturated rings. The minimum absolute atomic E-state index is 0.00475. The fourth-order valence-corrected chi connectivity index (χ4v) is 2.31. The highest BCUT2D eigenvalue weighted by Crippen LogP contribution is 2.19. The number of hydrogen-bond acceptors (Lipinski definition) is 3. The molecular formula is C14H27N3O2. The Kier molecular flexibility index (Phi) is 5.35. The van der Waals surface area contributed by atoms with Crippen LogP contribution in [0.15, 0.2) is 0 Å². The molecule has 0 bridgehead atoms. The van der Waals surface area contributed by atoms with Gasteiger partial charge in [-0.25, -0.2) is 0 Å². The highest BCUT2D eigenvalue weighted by Gasteiger charge is 2.31. The predicted octanol–water partition coefficient (Wildman–Crippen LogP) is 0.559. The lowest BCUT2D eigenvalue weighted by atomic mass is 9.94. The van der Waals surface area contributed by atoms with E-state index in [0.717, 1.165) is 0 Å². The van der Waals surface area contributed by atoms with Crippen LogP contribution in [-0.4, -0.2) is 61.4 Å². The standard InChI is InChI=1S/C14H27N3O2/c1-11(10-15-5)12(18)16-6-8-17(9-7-16)13(19)14(2,3)4/h11,15H,6-10H2,1-5H3. The van der Waals surface area contributed by atoms with E-state index in [2.05, 4.69) is 5.32 Å². The van der Waals surface area contributed by atoms with E-state index in [1.807, 2.05) is 44.5 Å². The highest BCUT2D eigenvalue weighted by molar-refractivity contribution is 5.82. The molecule has 0 radical (unpaired) electrons. The molecule has 1 atom stereocenters. The minimum atomic E-state index is -0.342. The fourth-order valence-electron chi connectivity index (χ4n) is 2.31. The van der Waals surface area contributed by atoms with Crippen LogP contribution >= 0.6 is 0 Å². The molecule has 0 spiro atoms. The second kappa shape index (κ2) is 6.37. The van der Waals surface area contributed by atoms with Crippen LogP contribution < -0.4 is 5.32 Å². The zero-order chi connectivity index (χ0) is 14.6. The summed E-state index contributed by atoms with van der Waals surface area (Å²) in [6.45, 7) is 11.0. The Morgan fingerprint density at radius 2 is 1.58 bits per heavy atom. The topological polar surface area (TPSA) is 52.7 Å². The van der Waals surface area contributed by atoms with Gasteiger partial charge in [-0.05, 0) is 7.05 Å². The first-order chi connectivity index (χ1) is 8.77. The lowest BCUT2D eigenvalue weighted by molar-refractivity contribution is -0.146. The van der Waals surface area contributed by atoms with E-state index >= 15 is 0 Å². The monoisotopic (exact) mass is 269 g/mol. The first-order valence-electron chi connectivity index (χ1n) is 7.00. The van der Waals surface area contributed by atoms with Gasteiger partial charge >= 0.3 is 0 Å². The van der Waals surface area contributed by atoms with E-state index in [0.29, 0.717) is 32.7 Å². The minimum Gasteiger partial charge on any atom is -0.339 e. The largest absolute Gasteiger partial charge is 0.339 e. The molecule has 1 heterocycles. The lowest BCUT2D eigenvalue weighted by Crippen LogP contribution is -2.54. The van der Waals surface area contributed by atoms with E-state index < -0.39 is 0 Å². The Morgan fingerprint density at radius 1 is 1.11 bits per heavy atom. The van der Waals surface area contributed by atoms with Crippen LogP contribution in [0.3, 0.4) is 0 Å². The van der Waals surface area contributed by atoms with Crippen LogP contribution in [0.2, 0.25) is 0 Å². The van der Waals surface area contributed by atoms with E-state index in [4.69, 9.17) is 0 Å². The molecular weight excluding hydrogens is 242 g/mol. The van der Waals surface area contributed by atoms with Gasteiger partial charge in [-0.15, -0.1) is 0 Å². The van der Waals surface area contributed by atoms with Crippen molar-refractivity contribution in [3.8, 4) is 0 Å². The summed E-state index contributed by atoms with van der Waals surface area (Å²) in [5, 5.41) is 3.02. The van der Waals surface area contributed by atoms with Crippen LogP contribution in [0.4, 0.5) is 0 Å². The first-order valence-corrected chi connectivity index (χ1v) is 7.00. The number of rotatable bonds is 3. The van der Waals surface area contributed by atoms with Gasteiger partial charge in [0.2, 0.25) is 11.8 Å². The lowest BCUT2D eigenvalue weighted by Gasteiger charge is -2.38. The van der Waals surface area contributed by atoms with Crippen molar-refractivity contribution in [2.24, 2.45) is 11.3 Å². The third kappa shape index (κ3) is 4.20. The van der Waals surface area contributed by atoms with E-state index in [1.165, 1.54) is 0 Å². The average Bonchev–Trinajstić information content (AvgIpc) is 2.36. The third-order valence-corrected chi connectivity index (χ3v) is 3.45. The van der Waals surface area contributed by atoms with Crippen molar-refractivity contribution in [1.82, 2.24) is 15.1 Å². The van der Waals surface area contributed by atoms with Crippen LogP contribution in [0.5, 0.6) is 0 Å². The maximum atomic E-state index is 12.1. The quantitative estimate of drug-likeness (QED) is 0.814. The van der Waals surface area contributed by atoms with Crippen molar-refractivity contribution in [3.63, 3.8) is 0 Å². The summed E-state index contributed by atoms with van der Waals surface area (Å²) >= 11 is 0. The maximum Gasteiger partial charge on any atom is 0.228 e. The van der Waals surface area contributed by atoms with Crippen molar-refractivity contribution >= 4 is 11.8 Å². The summed E-state index contributed by atoms with van der Waals surface area (Å²) in [5.74, 6) is 0.343. The van der Waals surface area contributed by atoms with Crippen molar-refractivity contribution < 1.29 is 9.59 Å². The number of nitrogens with one attached hydrogen (secondary N) is 1. The molecule has 0 aromatic carbocycles. The number of hydrogen-bond donors (Lipinski definition) is 1. The molecule has 110 valence electrons. The Hall–Kier alpha value is -1.10. The zero-order valence-electron chi connectivity index (χ0n) is 12.8. The molecule has 1 rings (SSSR count). The second-order valence-corrected chi connectivity index (χ2v) is 6.33. The third-order valence-electron chi connectivity index (χ3n) is 3.45. The Labute approximate surface area is 116 Å². The highest BCUT2D eigenvalue weighted by atomic mass is 16.2. The summed E-state index contributed by atoms with van der Waals surface area (Å²) in [4.78, 5) is 28.0. The number of carbonyl (C=O) groups is 2. The molecule has 2 amide bonds. The second-order valence-electron chi connectivity index (χ2n) is 6.33. The van der Waals surface area contributed by atoms with E-state index in [-0.39, 0.29) is 23.1 Å². The van der Waals surface area contributed by atoms with Gasteiger partial charge in [-0.3, -0.25) is 9.59 Å². The van der Waals surface area contributed by atoms with Crippen LogP contribution in [-0.2, 0) is 9.59 Å². The normalized spacial score (nSPS) is 18.4. The van der Waals surface area contributed by atoms with Gasteiger partial charge in [0.15, 0.2) is 0 Å². The summed E-state index contributed by atoms with van der Waals surface area (Å²) in [6.07, 6.45) is 0.